The highest BCUT2D eigenvalue weighted by molar-refractivity contribution is 5.86. The lowest BCUT2D eigenvalue weighted by Crippen LogP contribution is -2.59. The van der Waals surface area contributed by atoms with E-state index in [1.165, 1.54) is 57.8 Å². The van der Waals surface area contributed by atoms with Crippen LogP contribution in [0, 0.1) is 0 Å². The quantitative estimate of drug-likeness (QED) is 0.726. The Hall–Kier alpha value is -0.610. The van der Waals surface area contributed by atoms with Crippen LogP contribution in [0.2, 0.25) is 0 Å². The Morgan fingerprint density at radius 2 is 1.71 bits per heavy atom. The molecular formula is C20H37N3O. The van der Waals surface area contributed by atoms with Crippen LogP contribution >= 0.6 is 0 Å². The van der Waals surface area contributed by atoms with Gasteiger partial charge in [0.1, 0.15) is 5.54 Å². The molecule has 3 fully saturated rings. The molecule has 0 radical (unpaired) electrons. The maximum absolute atomic E-state index is 13.0. The van der Waals surface area contributed by atoms with Crippen molar-refractivity contribution in [1.29, 1.82) is 0 Å². The topological polar surface area (TPSA) is 35.6 Å². The van der Waals surface area contributed by atoms with Crippen molar-refractivity contribution in [3.8, 4) is 0 Å². The minimum absolute atomic E-state index is 0.174. The minimum atomic E-state index is -0.174. The van der Waals surface area contributed by atoms with Crippen molar-refractivity contribution >= 4 is 5.91 Å². The Balaban J connectivity index is 1.45. The van der Waals surface area contributed by atoms with E-state index in [0.29, 0.717) is 5.91 Å². The summed E-state index contributed by atoms with van der Waals surface area (Å²) in [5, 5.41) is 3.31. The van der Waals surface area contributed by atoms with E-state index in [2.05, 4.69) is 22.2 Å². The first-order chi connectivity index (χ1) is 11.7. The molecule has 1 N–H and O–H groups in total. The van der Waals surface area contributed by atoms with Crippen LogP contribution < -0.4 is 5.32 Å². The first kappa shape index (κ1) is 18.2. The maximum atomic E-state index is 13.0. The molecule has 0 aromatic carbocycles. The summed E-state index contributed by atoms with van der Waals surface area (Å²) >= 11 is 0. The van der Waals surface area contributed by atoms with Gasteiger partial charge in [-0.15, -0.1) is 0 Å². The molecule has 1 saturated heterocycles. The Bertz CT molecular complexity index is 394. The molecule has 1 aliphatic heterocycles. The van der Waals surface area contributed by atoms with Crippen molar-refractivity contribution in [2.75, 3.05) is 33.2 Å². The number of rotatable bonds is 7. The summed E-state index contributed by atoms with van der Waals surface area (Å²) in [7, 11) is 2.25. The lowest BCUT2D eigenvalue weighted by molar-refractivity contribution is -0.135. The molecule has 1 heterocycles. The third-order valence-corrected chi connectivity index (χ3v) is 6.74. The van der Waals surface area contributed by atoms with Crippen molar-refractivity contribution in [2.24, 2.45) is 0 Å². The number of carbonyl (C=O) groups is 1. The molecule has 2 aliphatic carbocycles. The number of hydrogen-bond donors (Lipinski definition) is 1. The second kappa shape index (κ2) is 8.66. The third kappa shape index (κ3) is 4.13. The zero-order chi connectivity index (χ0) is 16.8. The van der Waals surface area contributed by atoms with Crippen molar-refractivity contribution in [3.05, 3.63) is 0 Å². The fraction of sp³-hybridized carbons (Fsp3) is 0.950. The Labute approximate surface area is 148 Å². The van der Waals surface area contributed by atoms with Crippen LogP contribution in [0.1, 0.15) is 77.0 Å². The van der Waals surface area contributed by atoms with Gasteiger partial charge >= 0.3 is 0 Å². The number of nitrogens with zero attached hydrogens (tertiary/aromatic N) is 2. The summed E-state index contributed by atoms with van der Waals surface area (Å²) in [6.45, 7) is 4.20. The number of carbonyl (C=O) groups excluding carboxylic acids is 1. The van der Waals surface area contributed by atoms with Crippen molar-refractivity contribution < 1.29 is 4.79 Å². The van der Waals surface area contributed by atoms with Gasteiger partial charge in [0.15, 0.2) is 0 Å². The Morgan fingerprint density at radius 1 is 1.04 bits per heavy atom. The van der Waals surface area contributed by atoms with Crippen LogP contribution in [0.4, 0.5) is 0 Å². The number of likely N-dealkylation sites (tertiary alicyclic amines) is 1. The normalized spacial score (nSPS) is 25.4. The summed E-state index contributed by atoms with van der Waals surface area (Å²) in [6.07, 6.45) is 15.0. The fourth-order valence-electron chi connectivity index (χ4n) is 5.19. The highest BCUT2D eigenvalue weighted by Crippen LogP contribution is 2.36. The summed E-state index contributed by atoms with van der Waals surface area (Å²) in [5.74, 6) is 0.326. The van der Waals surface area contributed by atoms with Gasteiger partial charge in [-0.1, -0.05) is 32.1 Å². The molecule has 2 saturated carbocycles. The lowest BCUT2D eigenvalue weighted by atomic mass is 9.79. The van der Waals surface area contributed by atoms with E-state index in [1.807, 2.05) is 0 Å². The second-order valence-electron chi connectivity index (χ2n) is 8.31. The molecule has 0 aromatic heterocycles. The van der Waals surface area contributed by atoms with Gasteiger partial charge in [-0.2, -0.15) is 0 Å². The molecule has 0 unspecified atom stereocenters. The zero-order valence-corrected chi connectivity index (χ0v) is 15.7. The molecular weight excluding hydrogens is 298 g/mol. The van der Waals surface area contributed by atoms with Crippen LogP contribution in [-0.4, -0.2) is 60.5 Å². The zero-order valence-electron chi connectivity index (χ0n) is 15.7. The van der Waals surface area contributed by atoms with Gasteiger partial charge < -0.3 is 10.2 Å². The largest absolute Gasteiger partial charge is 0.354 e. The van der Waals surface area contributed by atoms with Gasteiger partial charge in [-0.25, -0.2) is 0 Å². The van der Waals surface area contributed by atoms with Crippen LogP contribution in [0.3, 0.4) is 0 Å². The van der Waals surface area contributed by atoms with Gasteiger partial charge in [-0.05, 0) is 71.6 Å². The first-order valence-corrected chi connectivity index (χ1v) is 10.5. The molecule has 0 atom stereocenters. The van der Waals surface area contributed by atoms with Gasteiger partial charge in [0.2, 0.25) is 5.91 Å². The number of nitrogens with one attached hydrogen (secondary N) is 1. The lowest BCUT2D eigenvalue weighted by Gasteiger charge is -2.43. The summed E-state index contributed by atoms with van der Waals surface area (Å²) in [4.78, 5) is 18.1. The summed E-state index contributed by atoms with van der Waals surface area (Å²) in [6, 6.07) is 0.787. The molecule has 3 aliphatic rings. The Kier molecular flexibility index (Phi) is 6.56. The minimum Gasteiger partial charge on any atom is -0.354 e. The van der Waals surface area contributed by atoms with E-state index in [9.17, 15) is 4.79 Å². The SMILES string of the molecule is CN(CCCNC(=O)C1(N2CCCC2)CCCCC1)C1CCCC1. The Morgan fingerprint density at radius 3 is 2.38 bits per heavy atom. The van der Waals surface area contributed by atoms with E-state index in [-0.39, 0.29) is 5.54 Å². The first-order valence-electron chi connectivity index (χ1n) is 10.5. The van der Waals surface area contributed by atoms with E-state index in [4.69, 9.17) is 0 Å². The van der Waals surface area contributed by atoms with Crippen LogP contribution in [-0.2, 0) is 4.79 Å². The molecule has 0 bridgehead atoms. The second-order valence-corrected chi connectivity index (χ2v) is 8.31. The van der Waals surface area contributed by atoms with Gasteiger partial charge in [0.05, 0.1) is 0 Å². The van der Waals surface area contributed by atoms with Crippen molar-refractivity contribution in [3.63, 3.8) is 0 Å². The average molecular weight is 336 g/mol. The predicted octanol–water partition coefficient (Wildman–Crippen LogP) is 3.17. The summed E-state index contributed by atoms with van der Waals surface area (Å²) < 4.78 is 0. The smallest absolute Gasteiger partial charge is 0.240 e. The van der Waals surface area contributed by atoms with Gasteiger partial charge in [-0.3, -0.25) is 9.69 Å². The highest BCUT2D eigenvalue weighted by Gasteiger charge is 2.45. The van der Waals surface area contributed by atoms with E-state index >= 15 is 0 Å². The fourth-order valence-corrected chi connectivity index (χ4v) is 5.19. The van der Waals surface area contributed by atoms with Crippen LogP contribution in [0.15, 0.2) is 0 Å². The molecule has 138 valence electrons. The average Bonchev–Trinajstić information content (AvgIpc) is 3.32. The van der Waals surface area contributed by atoms with Crippen LogP contribution in [0.5, 0.6) is 0 Å². The number of amides is 1. The van der Waals surface area contributed by atoms with E-state index in [1.54, 1.807) is 0 Å². The molecule has 1 amide bonds. The van der Waals surface area contributed by atoms with Crippen molar-refractivity contribution in [2.45, 2.75) is 88.6 Å². The molecule has 0 aromatic rings. The molecule has 0 spiro atoms. The highest BCUT2D eigenvalue weighted by atomic mass is 16.2. The van der Waals surface area contributed by atoms with Gasteiger partial charge in [0, 0.05) is 12.6 Å². The summed E-state index contributed by atoms with van der Waals surface area (Å²) in [5.41, 5.74) is -0.174. The molecule has 4 heteroatoms. The predicted molar refractivity (Wildman–Crippen MR) is 99.1 cm³/mol. The molecule has 24 heavy (non-hydrogen) atoms. The van der Waals surface area contributed by atoms with Gasteiger partial charge in [0.25, 0.3) is 0 Å². The van der Waals surface area contributed by atoms with Crippen molar-refractivity contribution in [1.82, 2.24) is 15.1 Å². The van der Waals surface area contributed by atoms with E-state index in [0.717, 1.165) is 51.5 Å². The molecule has 3 rings (SSSR count). The molecule has 4 nitrogen and oxygen atoms in total. The van der Waals surface area contributed by atoms with E-state index < -0.39 is 0 Å². The third-order valence-electron chi connectivity index (χ3n) is 6.74. The monoisotopic (exact) mass is 335 g/mol. The van der Waals surface area contributed by atoms with Crippen LogP contribution in [0.25, 0.3) is 0 Å². The number of hydrogen-bond acceptors (Lipinski definition) is 3. The standard InChI is InChI=1S/C20H37N3O/c1-22(18-10-3-4-11-18)15-9-14-21-19(24)20(12-5-2-6-13-20)23-16-7-8-17-23/h18H,2-17H2,1H3,(H,21,24). The maximum Gasteiger partial charge on any atom is 0.240 e.